The third kappa shape index (κ3) is 5.07. The molecule has 2 atom stereocenters. The number of nitrogens with two attached hydrogens (primary N) is 1. The Hall–Kier alpha value is -0.252. The molecule has 6 heteroatoms. The third-order valence-corrected chi connectivity index (χ3v) is 3.41. The molecule has 0 fully saturated rings. The molecule has 5 nitrogen and oxygen atoms in total. The Balaban J connectivity index is 3.54. The van der Waals surface area contributed by atoms with E-state index in [0.717, 1.165) is 0 Å². The fourth-order valence-corrected chi connectivity index (χ4v) is 1.96. The van der Waals surface area contributed by atoms with Crippen LogP contribution in [0.2, 0.25) is 5.21 Å². The number of rotatable bonds is 5. The zero-order chi connectivity index (χ0) is 8.85. The van der Waals surface area contributed by atoms with Crippen LogP contribution in [-0.4, -0.2) is 42.2 Å². The van der Waals surface area contributed by atoms with Gasteiger partial charge < -0.3 is 0 Å². The van der Waals surface area contributed by atoms with Crippen molar-refractivity contribution in [2.24, 2.45) is 5.73 Å². The van der Waals surface area contributed by atoms with Gasteiger partial charge in [-0.1, -0.05) is 0 Å². The van der Waals surface area contributed by atoms with Gasteiger partial charge in [-0.05, 0) is 0 Å². The minimum atomic E-state index is -2.38. The van der Waals surface area contributed by atoms with Crippen LogP contribution in [0.4, 0.5) is 0 Å². The zero-order valence-electron chi connectivity index (χ0n) is 5.93. The van der Waals surface area contributed by atoms with Crippen LogP contribution in [0, 0.1) is 0 Å². The average Bonchev–Trinajstić information content (AvgIpc) is 1.99. The zero-order valence-corrected chi connectivity index (χ0v) is 7.81. The van der Waals surface area contributed by atoms with E-state index in [0.29, 0.717) is 0 Å². The Labute approximate surface area is 68.7 Å². The van der Waals surface area contributed by atoms with Crippen molar-refractivity contribution in [3.05, 3.63) is 0 Å². The molecule has 0 heterocycles. The second kappa shape index (κ2) is 5.41. The van der Waals surface area contributed by atoms with Crippen molar-refractivity contribution >= 4 is 20.6 Å². The Morgan fingerprint density at radius 3 is 2.55 bits per heavy atom. The van der Waals surface area contributed by atoms with Crippen LogP contribution in [0.15, 0.2) is 0 Å². The number of hydrogen-bond donors (Lipinski definition) is 3. The number of carboxylic acid groups (broad SMARTS) is 1. The molecule has 4 N–H and O–H groups in total. The maximum absolute atomic E-state index is 10.7. The van der Waals surface area contributed by atoms with E-state index < -0.39 is 26.6 Å². The second-order valence-electron chi connectivity index (χ2n) is 2.08. The summed E-state index contributed by atoms with van der Waals surface area (Å²) in [5.74, 6) is -1.09. The number of aliphatic hydroxyl groups excluding tert-OH is 1. The van der Waals surface area contributed by atoms with Crippen molar-refractivity contribution in [2.75, 3.05) is 5.39 Å². The first-order valence-electron chi connectivity index (χ1n) is 3.09. The standard InChI is InChI=1S/C5H11AsNO4/c7-4(5(9)10)1-2-6(11)3-8/h4,8H,1-3,7H2,(H,9,10). The van der Waals surface area contributed by atoms with Gasteiger partial charge in [-0.3, -0.25) is 0 Å². The first kappa shape index (κ1) is 10.7. The van der Waals surface area contributed by atoms with E-state index in [1.807, 2.05) is 0 Å². The van der Waals surface area contributed by atoms with Gasteiger partial charge in [0, 0.05) is 0 Å². The molecule has 0 saturated heterocycles. The fourth-order valence-electron chi connectivity index (χ4n) is 0.477. The summed E-state index contributed by atoms with van der Waals surface area (Å²) in [7, 11) is 0. The van der Waals surface area contributed by atoms with Crippen LogP contribution in [0.1, 0.15) is 6.42 Å². The van der Waals surface area contributed by atoms with E-state index >= 15 is 0 Å². The van der Waals surface area contributed by atoms with Crippen LogP contribution in [0.3, 0.4) is 0 Å². The molecule has 0 spiro atoms. The van der Waals surface area contributed by atoms with Gasteiger partial charge in [0.05, 0.1) is 0 Å². The fraction of sp³-hybridized carbons (Fsp3) is 0.800. The predicted octanol–water partition coefficient (Wildman–Crippen LogP) is -1.26. The van der Waals surface area contributed by atoms with E-state index in [-0.39, 0.29) is 17.0 Å². The third-order valence-electron chi connectivity index (χ3n) is 1.16. The van der Waals surface area contributed by atoms with Crippen molar-refractivity contribution in [2.45, 2.75) is 17.7 Å². The molecule has 2 unspecified atom stereocenters. The van der Waals surface area contributed by atoms with E-state index in [4.69, 9.17) is 15.9 Å². The van der Waals surface area contributed by atoms with Gasteiger partial charge in [-0.25, -0.2) is 0 Å². The van der Waals surface area contributed by atoms with Gasteiger partial charge in [0.2, 0.25) is 0 Å². The molecule has 11 heavy (non-hydrogen) atoms. The van der Waals surface area contributed by atoms with E-state index in [1.54, 1.807) is 0 Å². The Morgan fingerprint density at radius 1 is 1.64 bits per heavy atom. The van der Waals surface area contributed by atoms with Crippen LogP contribution in [0.25, 0.3) is 0 Å². The van der Waals surface area contributed by atoms with Gasteiger partial charge in [-0.15, -0.1) is 0 Å². The molecule has 0 rings (SSSR count). The molecule has 0 saturated carbocycles. The maximum atomic E-state index is 10.7. The van der Waals surface area contributed by atoms with Gasteiger partial charge in [0.15, 0.2) is 0 Å². The minimum absolute atomic E-state index is 0.180. The summed E-state index contributed by atoms with van der Waals surface area (Å²) >= 11 is -2.38. The van der Waals surface area contributed by atoms with Crippen molar-refractivity contribution < 1.29 is 18.7 Å². The Kier molecular flexibility index (Phi) is 5.28. The van der Waals surface area contributed by atoms with Crippen molar-refractivity contribution in [3.8, 4) is 0 Å². The molecule has 65 valence electrons. The molecule has 0 aliphatic rings. The molecule has 0 aliphatic heterocycles. The van der Waals surface area contributed by atoms with Gasteiger partial charge in [0.1, 0.15) is 0 Å². The quantitative estimate of drug-likeness (QED) is 0.506. The summed E-state index contributed by atoms with van der Waals surface area (Å²) in [4.78, 5) is 10.1. The van der Waals surface area contributed by atoms with Crippen LogP contribution >= 0.6 is 0 Å². The molecule has 0 amide bonds. The average molecular weight is 224 g/mol. The topological polar surface area (TPSA) is 101 Å². The van der Waals surface area contributed by atoms with Crippen molar-refractivity contribution in [1.29, 1.82) is 0 Å². The van der Waals surface area contributed by atoms with Crippen LogP contribution in [-0.2, 0) is 8.53 Å². The summed E-state index contributed by atoms with van der Waals surface area (Å²) < 4.78 is 10.7. The van der Waals surface area contributed by atoms with Gasteiger partial charge >= 0.3 is 68.1 Å². The number of carbonyl (C=O) groups is 1. The SMILES string of the molecule is NC(CC[As](=O)CO)C(=O)O. The number of aliphatic carboxylic acids is 1. The Morgan fingerprint density at radius 2 is 2.18 bits per heavy atom. The first-order chi connectivity index (χ1) is 5.07. The normalized spacial score (nSPS) is 14.2. The van der Waals surface area contributed by atoms with Gasteiger partial charge in [-0.2, -0.15) is 0 Å². The summed E-state index contributed by atoms with van der Waals surface area (Å²) in [5, 5.41) is 16.6. The van der Waals surface area contributed by atoms with E-state index in [2.05, 4.69) is 0 Å². The second-order valence-corrected chi connectivity index (χ2v) is 5.63. The van der Waals surface area contributed by atoms with Crippen LogP contribution < -0.4 is 5.73 Å². The van der Waals surface area contributed by atoms with Crippen LogP contribution in [0.5, 0.6) is 0 Å². The summed E-state index contributed by atoms with van der Waals surface area (Å²) in [6, 6.07) is -0.952. The molecule has 0 aromatic carbocycles. The summed E-state index contributed by atoms with van der Waals surface area (Å²) in [6.07, 6.45) is 0.180. The molecular formula is C5H11AsNO4. The predicted molar refractivity (Wildman–Crippen MR) is 38.6 cm³/mol. The molecule has 1 radical (unpaired) electrons. The van der Waals surface area contributed by atoms with E-state index in [1.165, 1.54) is 0 Å². The first-order valence-corrected chi connectivity index (χ1v) is 6.51. The molecule has 0 aromatic rings. The number of carboxylic acids is 1. The van der Waals surface area contributed by atoms with E-state index in [9.17, 15) is 8.53 Å². The summed E-state index contributed by atoms with van der Waals surface area (Å²) in [6.45, 7) is 0. The molecular weight excluding hydrogens is 213 g/mol. The molecule has 0 bridgehead atoms. The Bertz CT molecular complexity index is 161. The monoisotopic (exact) mass is 224 g/mol. The molecule has 0 aromatic heterocycles. The van der Waals surface area contributed by atoms with Gasteiger partial charge in [0.25, 0.3) is 0 Å². The van der Waals surface area contributed by atoms with Crippen molar-refractivity contribution in [1.82, 2.24) is 0 Å². The van der Waals surface area contributed by atoms with Crippen molar-refractivity contribution in [3.63, 3.8) is 0 Å². The molecule has 0 aliphatic carbocycles. The number of hydrogen-bond acceptors (Lipinski definition) is 4. The summed E-state index contributed by atoms with van der Waals surface area (Å²) in [5.41, 5.74) is 5.12. The number of aliphatic hydroxyl groups is 1.